The summed E-state index contributed by atoms with van der Waals surface area (Å²) < 4.78 is 0. The molecule has 0 amide bonds. The van der Waals surface area contributed by atoms with Crippen molar-refractivity contribution in [3.8, 4) is 0 Å². The summed E-state index contributed by atoms with van der Waals surface area (Å²) >= 11 is 28.7. The Hall–Kier alpha value is 0.0338. The lowest BCUT2D eigenvalue weighted by atomic mass is 9.84. The van der Waals surface area contributed by atoms with Crippen LogP contribution >= 0.6 is 44.3 Å². The van der Waals surface area contributed by atoms with Gasteiger partial charge in [0.25, 0.3) is 13.4 Å². The molecule has 0 fully saturated rings. The minimum absolute atomic E-state index is 0.0227. The van der Waals surface area contributed by atoms with Gasteiger partial charge in [-0.2, -0.15) is 0 Å². The molecule has 152 valence electrons. The number of halogens is 4. The molecule has 0 saturated carbocycles. The smallest absolute Gasteiger partial charge is 0.145 e. The average Bonchev–Trinajstić information content (AvgIpc) is 2.64. The van der Waals surface area contributed by atoms with Gasteiger partial charge in [-0.1, -0.05) is 77.1 Å². The lowest BCUT2D eigenvalue weighted by Gasteiger charge is -2.43. The van der Waals surface area contributed by atoms with E-state index in [1.165, 1.54) is 27.8 Å². The molecule has 0 aliphatic heterocycles. The van der Waals surface area contributed by atoms with E-state index in [-0.39, 0.29) is 22.2 Å². The molecule has 2 aromatic rings. The summed E-state index contributed by atoms with van der Waals surface area (Å²) in [7, 11) is 0. The van der Waals surface area contributed by atoms with Crippen LogP contribution < -0.4 is 0 Å². The van der Waals surface area contributed by atoms with Crippen LogP contribution in [0.4, 0.5) is 0 Å². The summed E-state index contributed by atoms with van der Waals surface area (Å²) in [5.41, 5.74) is 6.70. The number of hydrogen-bond acceptors (Lipinski definition) is 0. The fourth-order valence-electron chi connectivity index (χ4n) is 4.22. The molecule has 0 spiro atoms. The summed E-state index contributed by atoms with van der Waals surface area (Å²) in [6.45, 7) is 5.42. The molecule has 2 atom stereocenters. The molecular formula is C22H28Cl4Si2. The molecule has 2 aromatic carbocycles. The molecule has 0 N–H and O–H groups in total. The fourth-order valence-corrected chi connectivity index (χ4v) is 11.1. The first kappa shape index (κ1) is 22.7. The van der Waals surface area contributed by atoms with Crippen molar-refractivity contribution in [3.63, 3.8) is 0 Å². The van der Waals surface area contributed by atoms with E-state index >= 15 is 0 Å². The van der Waals surface area contributed by atoms with Gasteiger partial charge in [-0.25, -0.2) is 0 Å². The highest BCUT2D eigenvalue weighted by Crippen LogP contribution is 2.57. The topological polar surface area (TPSA) is 0 Å². The van der Waals surface area contributed by atoms with Crippen molar-refractivity contribution in [2.75, 3.05) is 0 Å². The monoisotopic (exact) mass is 488 g/mol. The van der Waals surface area contributed by atoms with E-state index in [0.29, 0.717) is 0 Å². The average molecular weight is 490 g/mol. The van der Waals surface area contributed by atoms with Crippen molar-refractivity contribution in [2.24, 2.45) is 0 Å². The van der Waals surface area contributed by atoms with E-state index in [4.69, 9.17) is 44.3 Å². The molecule has 0 nitrogen and oxygen atoms in total. The highest BCUT2D eigenvalue weighted by atomic mass is 35.7. The molecule has 0 saturated heterocycles. The number of hydrogen-bond donors (Lipinski definition) is 0. The van der Waals surface area contributed by atoms with Crippen molar-refractivity contribution in [2.45, 2.75) is 63.2 Å². The van der Waals surface area contributed by atoms with Crippen LogP contribution in [-0.4, -0.2) is 13.4 Å². The molecule has 2 unspecified atom stereocenters. The van der Waals surface area contributed by atoms with Gasteiger partial charge in [0.15, 0.2) is 0 Å². The maximum absolute atomic E-state index is 7.18. The Morgan fingerprint density at radius 1 is 0.714 bits per heavy atom. The standard InChI is InChI=1S/C22H28Cl4Si2/c1-6-16-11-12-19-20(13-16)22(28(25,26)15(4)5)18-10-8-7-9-17(18)21(19)27(23,24)14(2)3/h7-15,21-22H,6H2,1-5H3. The fraction of sp³-hybridized carbons (Fsp3) is 0.455. The predicted octanol–water partition coefficient (Wildman–Crippen LogP) is 8.56. The SMILES string of the molecule is CCc1ccc2c(c1)C([Si](Cl)(Cl)C(C)C)c1ccccc1C2[Si](Cl)(Cl)C(C)C. The van der Waals surface area contributed by atoms with Crippen molar-refractivity contribution in [1.82, 2.24) is 0 Å². The highest BCUT2D eigenvalue weighted by Gasteiger charge is 2.53. The van der Waals surface area contributed by atoms with Crippen LogP contribution in [0.1, 0.15) is 73.5 Å². The van der Waals surface area contributed by atoms with Crippen LogP contribution in [0, 0.1) is 0 Å². The predicted molar refractivity (Wildman–Crippen MR) is 131 cm³/mol. The molecule has 3 rings (SSSR count). The van der Waals surface area contributed by atoms with Crippen LogP contribution in [0.25, 0.3) is 0 Å². The minimum Gasteiger partial charge on any atom is -0.145 e. The van der Waals surface area contributed by atoms with Crippen LogP contribution in [-0.2, 0) is 6.42 Å². The molecule has 0 aromatic heterocycles. The van der Waals surface area contributed by atoms with Crippen LogP contribution in [0.3, 0.4) is 0 Å². The van der Waals surface area contributed by atoms with Crippen LogP contribution in [0.15, 0.2) is 42.5 Å². The molecule has 6 heteroatoms. The van der Waals surface area contributed by atoms with Crippen LogP contribution in [0.5, 0.6) is 0 Å². The zero-order chi connectivity index (χ0) is 20.9. The van der Waals surface area contributed by atoms with Crippen molar-refractivity contribution in [1.29, 1.82) is 0 Å². The Balaban J connectivity index is 2.37. The maximum Gasteiger partial charge on any atom is 0.265 e. The first-order valence-electron chi connectivity index (χ1n) is 10.0. The summed E-state index contributed by atoms with van der Waals surface area (Å²) in [6.07, 6.45) is 0.974. The third-order valence-electron chi connectivity index (χ3n) is 6.11. The lowest BCUT2D eigenvalue weighted by molar-refractivity contribution is 0.875. The van der Waals surface area contributed by atoms with Gasteiger partial charge >= 0.3 is 0 Å². The maximum atomic E-state index is 7.18. The largest absolute Gasteiger partial charge is 0.265 e. The molecule has 0 radical (unpaired) electrons. The second-order valence-corrected chi connectivity index (χ2v) is 23.3. The summed E-state index contributed by atoms with van der Waals surface area (Å²) in [4.78, 5) is 0. The Bertz CT molecular complexity index is 861. The normalized spacial score (nSPS) is 19.7. The third kappa shape index (κ3) is 3.74. The van der Waals surface area contributed by atoms with Gasteiger partial charge in [0.1, 0.15) is 0 Å². The summed E-state index contributed by atoms with van der Waals surface area (Å²) in [6, 6.07) is 15.3. The van der Waals surface area contributed by atoms with Gasteiger partial charge in [0.2, 0.25) is 0 Å². The van der Waals surface area contributed by atoms with Gasteiger partial charge in [-0.15, -0.1) is 44.3 Å². The van der Waals surface area contributed by atoms with E-state index in [0.717, 1.165) is 6.42 Å². The summed E-state index contributed by atoms with van der Waals surface area (Å²) in [5.74, 6) is 0. The molecule has 0 bridgehead atoms. The van der Waals surface area contributed by atoms with E-state index in [1.807, 2.05) is 0 Å². The molecular weight excluding hydrogens is 462 g/mol. The zero-order valence-electron chi connectivity index (χ0n) is 17.1. The van der Waals surface area contributed by atoms with Gasteiger partial charge in [-0.05, 0) is 45.3 Å². The Kier molecular flexibility index (Phi) is 6.72. The second kappa shape index (κ2) is 8.28. The Labute approximate surface area is 190 Å². The van der Waals surface area contributed by atoms with E-state index in [9.17, 15) is 0 Å². The van der Waals surface area contributed by atoms with Gasteiger partial charge in [0, 0.05) is 11.1 Å². The van der Waals surface area contributed by atoms with Gasteiger partial charge in [0.05, 0.1) is 0 Å². The van der Waals surface area contributed by atoms with E-state index in [2.05, 4.69) is 77.1 Å². The molecule has 0 heterocycles. The molecule has 1 aliphatic carbocycles. The van der Waals surface area contributed by atoms with Crippen molar-refractivity contribution in [3.05, 3.63) is 70.3 Å². The third-order valence-corrected chi connectivity index (χ3v) is 19.8. The number of fused-ring (bicyclic) bond motifs is 2. The van der Waals surface area contributed by atoms with Gasteiger partial charge in [-0.3, -0.25) is 0 Å². The summed E-state index contributed by atoms with van der Waals surface area (Å²) in [5, 5.41) is 0. The molecule has 1 aliphatic rings. The second-order valence-electron chi connectivity index (χ2n) is 8.47. The number of rotatable bonds is 5. The Morgan fingerprint density at radius 2 is 1.14 bits per heavy atom. The first-order chi connectivity index (χ1) is 13.0. The zero-order valence-corrected chi connectivity index (χ0v) is 22.1. The van der Waals surface area contributed by atoms with E-state index in [1.54, 1.807) is 0 Å². The van der Waals surface area contributed by atoms with Crippen molar-refractivity contribution < 1.29 is 0 Å². The number of aryl methyl sites for hydroxylation is 1. The quantitative estimate of drug-likeness (QED) is 0.291. The van der Waals surface area contributed by atoms with Gasteiger partial charge < -0.3 is 0 Å². The molecule has 28 heavy (non-hydrogen) atoms. The number of benzene rings is 2. The lowest BCUT2D eigenvalue weighted by Crippen LogP contribution is -2.42. The Morgan fingerprint density at radius 3 is 1.57 bits per heavy atom. The first-order valence-corrected chi connectivity index (χ1v) is 18.4. The highest BCUT2D eigenvalue weighted by molar-refractivity contribution is 7.47. The minimum atomic E-state index is -2.66. The van der Waals surface area contributed by atoms with Crippen molar-refractivity contribution >= 4 is 57.7 Å². The van der Waals surface area contributed by atoms with E-state index < -0.39 is 13.4 Å². The van der Waals surface area contributed by atoms with Crippen LogP contribution in [0.2, 0.25) is 11.1 Å².